The van der Waals surface area contributed by atoms with Gasteiger partial charge in [-0.05, 0) is 54.1 Å². The van der Waals surface area contributed by atoms with E-state index in [4.69, 9.17) is 16.6 Å². The van der Waals surface area contributed by atoms with Crippen molar-refractivity contribution in [1.29, 1.82) is 0 Å². The van der Waals surface area contributed by atoms with Gasteiger partial charge in [0.15, 0.2) is 5.82 Å². The Morgan fingerprint density at radius 1 is 0.968 bits per heavy atom. The minimum atomic E-state index is -0.204. The van der Waals surface area contributed by atoms with Gasteiger partial charge >= 0.3 is 0 Å². The number of benzene rings is 2. The molecule has 156 valence electrons. The molecule has 0 saturated carbocycles. The zero-order valence-electron chi connectivity index (χ0n) is 17.0. The smallest absolute Gasteiger partial charge is 0.159 e. The standard InChI is InChI=1S/C25H22ClFN4/c26-21-7-5-19(6-8-21)25-28-14-20-16-30(13-11-24(20)29-25)17-23-2-1-12-31(23)15-18-3-9-22(27)10-4-18/h1-10,12,14H,11,13,15-17H2. The van der Waals surface area contributed by atoms with Crippen LogP contribution in [0, 0.1) is 5.82 Å². The highest BCUT2D eigenvalue weighted by Crippen LogP contribution is 2.23. The molecule has 0 fully saturated rings. The fraction of sp³-hybridized carbons (Fsp3) is 0.200. The molecule has 4 aromatic rings. The lowest BCUT2D eigenvalue weighted by Crippen LogP contribution is -2.31. The zero-order chi connectivity index (χ0) is 21.2. The molecule has 0 atom stereocenters. The third-order valence-corrected chi connectivity index (χ3v) is 5.94. The van der Waals surface area contributed by atoms with E-state index in [0.29, 0.717) is 5.02 Å². The van der Waals surface area contributed by atoms with Crippen LogP contribution in [0.5, 0.6) is 0 Å². The number of hydrogen-bond donors (Lipinski definition) is 0. The van der Waals surface area contributed by atoms with Gasteiger partial charge in [-0.2, -0.15) is 0 Å². The quantitative estimate of drug-likeness (QED) is 0.426. The number of rotatable bonds is 5. The summed E-state index contributed by atoms with van der Waals surface area (Å²) in [5, 5.41) is 0.710. The summed E-state index contributed by atoms with van der Waals surface area (Å²) < 4.78 is 15.4. The molecule has 0 amide bonds. The van der Waals surface area contributed by atoms with E-state index >= 15 is 0 Å². The van der Waals surface area contributed by atoms with Crippen molar-refractivity contribution in [1.82, 2.24) is 19.4 Å². The molecule has 0 N–H and O–H groups in total. The number of aromatic nitrogens is 3. The maximum absolute atomic E-state index is 13.2. The lowest BCUT2D eigenvalue weighted by molar-refractivity contribution is 0.237. The Bertz CT molecular complexity index is 1190. The minimum absolute atomic E-state index is 0.204. The number of nitrogens with zero attached hydrogens (tertiary/aromatic N) is 4. The summed E-state index contributed by atoms with van der Waals surface area (Å²) >= 11 is 5.99. The first kappa shape index (κ1) is 19.9. The van der Waals surface area contributed by atoms with E-state index in [1.165, 1.54) is 23.4 Å². The van der Waals surface area contributed by atoms with Gasteiger partial charge in [0, 0.05) is 66.8 Å². The SMILES string of the molecule is Fc1ccc(Cn2cccc2CN2CCc3nc(-c4ccc(Cl)cc4)ncc3C2)cc1. The molecule has 1 aliphatic rings. The van der Waals surface area contributed by atoms with Gasteiger partial charge in [0.2, 0.25) is 0 Å². The fourth-order valence-electron chi connectivity index (χ4n) is 4.01. The van der Waals surface area contributed by atoms with E-state index in [0.717, 1.165) is 55.2 Å². The molecule has 6 heteroatoms. The van der Waals surface area contributed by atoms with Crippen molar-refractivity contribution < 1.29 is 4.39 Å². The summed E-state index contributed by atoms with van der Waals surface area (Å²) in [6.45, 7) is 3.37. The van der Waals surface area contributed by atoms with Crippen molar-refractivity contribution in [3.05, 3.63) is 106 Å². The maximum Gasteiger partial charge on any atom is 0.159 e. The van der Waals surface area contributed by atoms with Crippen LogP contribution in [0.15, 0.2) is 73.1 Å². The zero-order valence-corrected chi connectivity index (χ0v) is 17.8. The third-order valence-electron chi connectivity index (χ3n) is 5.69. The number of hydrogen-bond acceptors (Lipinski definition) is 3. The van der Waals surface area contributed by atoms with Gasteiger partial charge in [-0.15, -0.1) is 0 Å². The molecule has 0 bridgehead atoms. The molecule has 2 aromatic carbocycles. The molecule has 0 spiro atoms. The second-order valence-electron chi connectivity index (χ2n) is 7.89. The summed E-state index contributed by atoms with van der Waals surface area (Å²) in [6, 6.07) is 18.6. The Morgan fingerprint density at radius 2 is 1.77 bits per heavy atom. The van der Waals surface area contributed by atoms with Crippen molar-refractivity contribution in [3.8, 4) is 11.4 Å². The van der Waals surface area contributed by atoms with E-state index in [-0.39, 0.29) is 5.82 Å². The molecule has 0 saturated heterocycles. The second kappa shape index (κ2) is 8.61. The topological polar surface area (TPSA) is 34.0 Å². The van der Waals surface area contributed by atoms with E-state index < -0.39 is 0 Å². The first-order valence-electron chi connectivity index (χ1n) is 10.4. The summed E-state index contributed by atoms with van der Waals surface area (Å²) in [5.41, 5.74) is 5.61. The minimum Gasteiger partial charge on any atom is -0.346 e. The van der Waals surface area contributed by atoms with Crippen molar-refractivity contribution in [2.45, 2.75) is 26.1 Å². The first-order valence-corrected chi connectivity index (χ1v) is 10.7. The Kier molecular flexibility index (Phi) is 5.53. The van der Waals surface area contributed by atoms with Crippen LogP contribution in [0.4, 0.5) is 4.39 Å². The number of fused-ring (bicyclic) bond motifs is 1. The Balaban J connectivity index is 1.28. The van der Waals surface area contributed by atoms with Gasteiger partial charge in [-0.1, -0.05) is 23.7 Å². The molecule has 0 unspecified atom stereocenters. The summed E-state index contributed by atoms with van der Waals surface area (Å²) in [4.78, 5) is 11.8. The summed E-state index contributed by atoms with van der Waals surface area (Å²) in [7, 11) is 0. The predicted octanol–water partition coefficient (Wildman–Crippen LogP) is 5.34. The summed E-state index contributed by atoms with van der Waals surface area (Å²) in [5.74, 6) is 0.543. The van der Waals surface area contributed by atoms with Gasteiger partial charge in [0.25, 0.3) is 0 Å². The van der Waals surface area contributed by atoms with E-state index in [1.54, 1.807) is 0 Å². The van der Waals surface area contributed by atoms with Crippen LogP contribution in [-0.4, -0.2) is 26.0 Å². The molecule has 3 heterocycles. The summed E-state index contributed by atoms with van der Waals surface area (Å²) in [6.07, 6.45) is 4.94. The van der Waals surface area contributed by atoms with E-state index in [2.05, 4.69) is 32.8 Å². The Morgan fingerprint density at radius 3 is 2.58 bits per heavy atom. The average Bonchev–Trinajstić information content (AvgIpc) is 3.22. The van der Waals surface area contributed by atoms with E-state index in [9.17, 15) is 4.39 Å². The van der Waals surface area contributed by atoms with Gasteiger partial charge in [0.1, 0.15) is 5.82 Å². The van der Waals surface area contributed by atoms with Crippen molar-refractivity contribution in [2.75, 3.05) is 6.54 Å². The second-order valence-corrected chi connectivity index (χ2v) is 8.32. The molecular weight excluding hydrogens is 411 g/mol. The molecule has 5 rings (SSSR count). The monoisotopic (exact) mass is 432 g/mol. The molecule has 0 aliphatic carbocycles. The molecule has 2 aromatic heterocycles. The van der Waals surface area contributed by atoms with Gasteiger partial charge in [-0.3, -0.25) is 4.90 Å². The normalized spacial score (nSPS) is 13.9. The Hall–Kier alpha value is -3.02. The van der Waals surface area contributed by atoms with Crippen molar-refractivity contribution in [2.24, 2.45) is 0 Å². The molecule has 4 nitrogen and oxygen atoms in total. The molecule has 1 aliphatic heterocycles. The van der Waals surface area contributed by atoms with Gasteiger partial charge < -0.3 is 4.57 Å². The Labute approximate surface area is 186 Å². The van der Waals surface area contributed by atoms with Crippen LogP contribution < -0.4 is 0 Å². The van der Waals surface area contributed by atoms with Crippen LogP contribution in [0.1, 0.15) is 22.5 Å². The van der Waals surface area contributed by atoms with Gasteiger partial charge in [0.05, 0.1) is 5.69 Å². The average molecular weight is 433 g/mol. The fourth-order valence-corrected chi connectivity index (χ4v) is 4.14. The first-order chi connectivity index (χ1) is 15.1. The highest BCUT2D eigenvalue weighted by molar-refractivity contribution is 6.30. The van der Waals surface area contributed by atoms with Crippen LogP contribution in [0.2, 0.25) is 5.02 Å². The highest BCUT2D eigenvalue weighted by Gasteiger charge is 2.20. The lowest BCUT2D eigenvalue weighted by atomic mass is 10.1. The maximum atomic E-state index is 13.2. The van der Waals surface area contributed by atoms with E-state index in [1.807, 2.05) is 42.6 Å². The molecule has 31 heavy (non-hydrogen) atoms. The van der Waals surface area contributed by atoms with Crippen LogP contribution >= 0.6 is 11.6 Å². The molecule has 0 radical (unpaired) electrons. The van der Waals surface area contributed by atoms with Crippen LogP contribution in [-0.2, 0) is 26.1 Å². The van der Waals surface area contributed by atoms with Crippen LogP contribution in [0.25, 0.3) is 11.4 Å². The van der Waals surface area contributed by atoms with Gasteiger partial charge in [-0.25, -0.2) is 14.4 Å². The predicted molar refractivity (Wildman–Crippen MR) is 120 cm³/mol. The highest BCUT2D eigenvalue weighted by atomic mass is 35.5. The largest absolute Gasteiger partial charge is 0.346 e. The van der Waals surface area contributed by atoms with Crippen molar-refractivity contribution >= 4 is 11.6 Å². The lowest BCUT2D eigenvalue weighted by Gasteiger charge is -2.28. The number of halogens is 2. The van der Waals surface area contributed by atoms with Crippen molar-refractivity contribution in [3.63, 3.8) is 0 Å². The van der Waals surface area contributed by atoms with Crippen LogP contribution in [0.3, 0.4) is 0 Å². The molecular formula is C25H22ClFN4. The third kappa shape index (κ3) is 4.53.